The third kappa shape index (κ3) is 4.10. The molecule has 1 aromatic rings. The fourth-order valence-electron chi connectivity index (χ4n) is 1.23. The van der Waals surface area contributed by atoms with Gasteiger partial charge in [0, 0.05) is 31.6 Å². The van der Waals surface area contributed by atoms with Gasteiger partial charge in [0.2, 0.25) is 0 Å². The number of rotatable bonds is 6. The van der Waals surface area contributed by atoms with E-state index in [1.54, 1.807) is 7.11 Å². The van der Waals surface area contributed by atoms with Crippen molar-refractivity contribution in [2.45, 2.75) is 19.9 Å². The first kappa shape index (κ1) is 10.3. The molecule has 0 saturated heterocycles. The predicted molar refractivity (Wildman–Crippen MR) is 53.7 cm³/mol. The monoisotopic (exact) mass is 182 g/mol. The number of methoxy groups -OCH3 is 1. The lowest BCUT2D eigenvalue weighted by molar-refractivity contribution is 0.194. The van der Waals surface area contributed by atoms with Crippen LogP contribution in [-0.2, 0) is 11.3 Å². The van der Waals surface area contributed by atoms with Crippen LogP contribution in [0.15, 0.2) is 12.1 Å². The summed E-state index contributed by atoms with van der Waals surface area (Å²) in [5, 5.41) is 3.34. The van der Waals surface area contributed by atoms with E-state index in [0.717, 1.165) is 26.1 Å². The first-order valence-electron chi connectivity index (χ1n) is 4.67. The van der Waals surface area contributed by atoms with Crippen molar-refractivity contribution in [3.05, 3.63) is 23.5 Å². The summed E-state index contributed by atoms with van der Waals surface area (Å²) in [7, 11) is 1.73. The lowest BCUT2D eigenvalue weighted by Gasteiger charge is -2.02. The number of aromatic nitrogens is 1. The molecule has 2 N–H and O–H groups in total. The van der Waals surface area contributed by atoms with Gasteiger partial charge in [-0.25, -0.2) is 0 Å². The SMILES string of the molecule is COCCCNCc1ccc(C)[nH]1. The Morgan fingerprint density at radius 1 is 1.46 bits per heavy atom. The van der Waals surface area contributed by atoms with Gasteiger partial charge in [0.05, 0.1) is 0 Å². The molecule has 1 aromatic heterocycles. The largest absolute Gasteiger partial charge is 0.385 e. The van der Waals surface area contributed by atoms with Crippen LogP contribution in [0.4, 0.5) is 0 Å². The molecule has 1 heterocycles. The molecule has 3 nitrogen and oxygen atoms in total. The van der Waals surface area contributed by atoms with E-state index < -0.39 is 0 Å². The van der Waals surface area contributed by atoms with Gasteiger partial charge >= 0.3 is 0 Å². The standard InChI is InChI=1S/C10H18N2O/c1-9-4-5-10(12-9)8-11-6-3-7-13-2/h4-5,11-12H,3,6-8H2,1-2H3. The summed E-state index contributed by atoms with van der Waals surface area (Å²) in [6.07, 6.45) is 1.07. The predicted octanol–water partition coefficient (Wildman–Crippen LogP) is 1.45. The topological polar surface area (TPSA) is 37.0 Å². The average Bonchev–Trinajstić information content (AvgIpc) is 2.51. The summed E-state index contributed by atoms with van der Waals surface area (Å²) in [6.45, 7) is 4.81. The van der Waals surface area contributed by atoms with E-state index in [4.69, 9.17) is 4.74 Å². The molecule has 0 aliphatic heterocycles. The van der Waals surface area contributed by atoms with Crippen LogP contribution in [0.2, 0.25) is 0 Å². The van der Waals surface area contributed by atoms with Gasteiger partial charge in [-0.3, -0.25) is 0 Å². The van der Waals surface area contributed by atoms with E-state index >= 15 is 0 Å². The molecule has 0 amide bonds. The molecule has 0 aliphatic rings. The second kappa shape index (κ2) is 5.78. The van der Waals surface area contributed by atoms with Crippen molar-refractivity contribution in [3.8, 4) is 0 Å². The fraction of sp³-hybridized carbons (Fsp3) is 0.600. The molecule has 74 valence electrons. The van der Waals surface area contributed by atoms with Crippen LogP contribution >= 0.6 is 0 Å². The number of hydrogen-bond donors (Lipinski definition) is 2. The number of H-pyrrole nitrogens is 1. The van der Waals surface area contributed by atoms with Crippen molar-refractivity contribution < 1.29 is 4.74 Å². The average molecular weight is 182 g/mol. The molecule has 0 radical (unpaired) electrons. The summed E-state index contributed by atoms with van der Waals surface area (Å²) in [5.41, 5.74) is 2.46. The van der Waals surface area contributed by atoms with Crippen molar-refractivity contribution >= 4 is 0 Å². The van der Waals surface area contributed by atoms with Gasteiger partial charge in [0.1, 0.15) is 0 Å². The van der Waals surface area contributed by atoms with E-state index in [0.29, 0.717) is 0 Å². The maximum absolute atomic E-state index is 4.95. The molecule has 1 rings (SSSR count). The molecule has 13 heavy (non-hydrogen) atoms. The van der Waals surface area contributed by atoms with Crippen LogP contribution in [0.25, 0.3) is 0 Å². The highest BCUT2D eigenvalue weighted by molar-refractivity contribution is 5.11. The highest BCUT2D eigenvalue weighted by atomic mass is 16.5. The summed E-state index contributed by atoms with van der Waals surface area (Å²) < 4.78 is 4.95. The fourth-order valence-corrected chi connectivity index (χ4v) is 1.23. The second-order valence-electron chi connectivity index (χ2n) is 3.19. The molecule has 0 bridgehead atoms. The quantitative estimate of drug-likeness (QED) is 0.653. The summed E-state index contributed by atoms with van der Waals surface area (Å²) in [6, 6.07) is 4.20. The van der Waals surface area contributed by atoms with E-state index in [-0.39, 0.29) is 0 Å². The Hall–Kier alpha value is -0.800. The van der Waals surface area contributed by atoms with Gasteiger partial charge < -0.3 is 15.0 Å². The van der Waals surface area contributed by atoms with E-state index in [2.05, 4.69) is 29.4 Å². The van der Waals surface area contributed by atoms with Crippen LogP contribution in [0, 0.1) is 6.92 Å². The van der Waals surface area contributed by atoms with Crippen molar-refractivity contribution in [1.82, 2.24) is 10.3 Å². The lowest BCUT2D eigenvalue weighted by atomic mass is 10.4. The number of hydrogen-bond acceptors (Lipinski definition) is 2. The highest BCUT2D eigenvalue weighted by Gasteiger charge is 1.93. The summed E-state index contributed by atoms with van der Waals surface area (Å²) in [5.74, 6) is 0. The highest BCUT2D eigenvalue weighted by Crippen LogP contribution is 1.98. The van der Waals surface area contributed by atoms with Gasteiger partial charge in [-0.05, 0) is 32.0 Å². The van der Waals surface area contributed by atoms with Gasteiger partial charge in [-0.15, -0.1) is 0 Å². The molecular formula is C10H18N2O. The van der Waals surface area contributed by atoms with Gasteiger partial charge in [0.15, 0.2) is 0 Å². The Kier molecular flexibility index (Phi) is 4.57. The smallest absolute Gasteiger partial charge is 0.0474 e. The van der Waals surface area contributed by atoms with Crippen molar-refractivity contribution in [2.24, 2.45) is 0 Å². The number of aromatic amines is 1. The number of aryl methyl sites for hydroxylation is 1. The van der Waals surface area contributed by atoms with Gasteiger partial charge in [-0.1, -0.05) is 0 Å². The Bertz CT molecular complexity index is 233. The minimum Gasteiger partial charge on any atom is -0.385 e. The summed E-state index contributed by atoms with van der Waals surface area (Å²) in [4.78, 5) is 3.27. The van der Waals surface area contributed by atoms with E-state index in [1.807, 2.05) is 0 Å². The number of nitrogens with one attached hydrogen (secondary N) is 2. The molecule has 0 aliphatic carbocycles. The second-order valence-corrected chi connectivity index (χ2v) is 3.19. The summed E-state index contributed by atoms with van der Waals surface area (Å²) >= 11 is 0. The minimum atomic E-state index is 0.830. The Morgan fingerprint density at radius 2 is 2.31 bits per heavy atom. The van der Waals surface area contributed by atoms with Crippen LogP contribution in [-0.4, -0.2) is 25.2 Å². The zero-order chi connectivity index (χ0) is 9.52. The minimum absolute atomic E-state index is 0.830. The van der Waals surface area contributed by atoms with Crippen molar-refractivity contribution in [3.63, 3.8) is 0 Å². The van der Waals surface area contributed by atoms with Gasteiger partial charge in [-0.2, -0.15) is 0 Å². The molecular weight excluding hydrogens is 164 g/mol. The van der Waals surface area contributed by atoms with Crippen LogP contribution in [0.3, 0.4) is 0 Å². The van der Waals surface area contributed by atoms with Crippen LogP contribution < -0.4 is 5.32 Å². The van der Waals surface area contributed by atoms with E-state index in [9.17, 15) is 0 Å². The first-order chi connectivity index (χ1) is 6.33. The zero-order valence-electron chi connectivity index (χ0n) is 8.39. The third-order valence-electron chi connectivity index (χ3n) is 1.91. The Balaban J connectivity index is 2.06. The van der Waals surface area contributed by atoms with E-state index in [1.165, 1.54) is 11.4 Å². The van der Waals surface area contributed by atoms with Crippen molar-refractivity contribution in [2.75, 3.05) is 20.3 Å². The molecule has 0 atom stereocenters. The first-order valence-corrected chi connectivity index (χ1v) is 4.67. The molecule has 0 saturated carbocycles. The Labute approximate surface area is 79.5 Å². The lowest BCUT2D eigenvalue weighted by Crippen LogP contribution is -2.16. The maximum Gasteiger partial charge on any atom is 0.0474 e. The molecule has 0 unspecified atom stereocenters. The molecule has 0 aromatic carbocycles. The molecule has 0 fully saturated rings. The van der Waals surface area contributed by atoms with Crippen LogP contribution in [0.1, 0.15) is 17.8 Å². The maximum atomic E-state index is 4.95. The van der Waals surface area contributed by atoms with Crippen LogP contribution in [0.5, 0.6) is 0 Å². The normalized spacial score (nSPS) is 10.6. The zero-order valence-corrected chi connectivity index (χ0v) is 8.39. The van der Waals surface area contributed by atoms with Gasteiger partial charge in [0.25, 0.3) is 0 Å². The molecule has 3 heteroatoms. The Morgan fingerprint density at radius 3 is 2.92 bits per heavy atom. The number of ether oxygens (including phenoxy) is 1. The van der Waals surface area contributed by atoms with Crippen molar-refractivity contribution in [1.29, 1.82) is 0 Å². The molecule has 0 spiro atoms. The third-order valence-corrected chi connectivity index (χ3v) is 1.91.